The van der Waals surface area contributed by atoms with E-state index in [1.54, 1.807) is 32.5 Å². The number of likely N-dealkylation sites (N-methyl/N-ethyl adjacent to an activating group) is 1. The predicted octanol–water partition coefficient (Wildman–Crippen LogP) is 2.32. The van der Waals surface area contributed by atoms with Crippen molar-refractivity contribution in [1.82, 2.24) is 15.5 Å². The number of rotatable bonds is 8. The summed E-state index contributed by atoms with van der Waals surface area (Å²) in [6.45, 7) is 1.33. The first-order valence-electron chi connectivity index (χ1n) is 9.49. The lowest BCUT2D eigenvalue weighted by molar-refractivity contribution is -0.127. The summed E-state index contributed by atoms with van der Waals surface area (Å²) < 4.78 is 18.9. The summed E-state index contributed by atoms with van der Waals surface area (Å²) in [7, 11) is 3.41. The summed E-state index contributed by atoms with van der Waals surface area (Å²) in [6.07, 6.45) is 4.36. The molecule has 2 N–H and O–H groups in total. The average Bonchev–Trinajstić information content (AvgIpc) is 3.29. The van der Waals surface area contributed by atoms with Crippen molar-refractivity contribution in [2.75, 3.05) is 33.7 Å². The molecular weight excluding hydrogens is 359 g/mol. The molecular formula is C21H27FN4O2. The van der Waals surface area contributed by atoms with Crippen molar-refractivity contribution >= 4 is 11.9 Å². The molecule has 1 aromatic heterocycles. The molecule has 0 radical (unpaired) electrons. The molecule has 1 aliphatic rings. The Bertz CT molecular complexity index is 814. The highest BCUT2D eigenvalue weighted by Gasteiger charge is 2.44. The monoisotopic (exact) mass is 386 g/mol. The van der Waals surface area contributed by atoms with Gasteiger partial charge in [0.25, 0.3) is 0 Å². The molecule has 1 amide bonds. The summed E-state index contributed by atoms with van der Waals surface area (Å²) in [5.41, 5.74) is 0.927. The Labute approximate surface area is 164 Å². The summed E-state index contributed by atoms with van der Waals surface area (Å²) in [5.74, 6) is 1.17. The van der Waals surface area contributed by atoms with E-state index >= 15 is 0 Å². The van der Waals surface area contributed by atoms with Crippen molar-refractivity contribution in [3.63, 3.8) is 0 Å². The van der Waals surface area contributed by atoms with Crippen LogP contribution in [0, 0.1) is 5.82 Å². The van der Waals surface area contributed by atoms with E-state index in [-0.39, 0.29) is 23.7 Å². The molecule has 150 valence electrons. The normalized spacial score (nSPS) is 15.2. The number of nitrogens with one attached hydrogen (secondary N) is 2. The van der Waals surface area contributed by atoms with Gasteiger partial charge in [0.05, 0.1) is 6.26 Å². The third-order valence-electron chi connectivity index (χ3n) is 5.00. The van der Waals surface area contributed by atoms with Gasteiger partial charge in [-0.3, -0.25) is 4.79 Å². The Hall–Kier alpha value is -2.83. The molecule has 6 nitrogen and oxygen atoms in total. The quantitative estimate of drug-likeness (QED) is 0.540. The molecule has 1 aromatic carbocycles. The molecule has 0 atom stereocenters. The molecule has 2 aromatic rings. The number of furan rings is 1. The molecule has 0 bridgehead atoms. The SMILES string of the molecule is CN(C)C(=O)CN=C(NCCc1ccco1)NCC1(c2cccc(F)c2)CC1. The van der Waals surface area contributed by atoms with Crippen LogP contribution < -0.4 is 10.6 Å². The fourth-order valence-electron chi connectivity index (χ4n) is 3.01. The number of amides is 1. The van der Waals surface area contributed by atoms with Crippen LogP contribution in [-0.2, 0) is 16.6 Å². The third kappa shape index (κ3) is 5.34. The van der Waals surface area contributed by atoms with Crippen molar-refractivity contribution < 1.29 is 13.6 Å². The van der Waals surface area contributed by atoms with Gasteiger partial charge in [-0.2, -0.15) is 0 Å². The fourth-order valence-corrected chi connectivity index (χ4v) is 3.01. The number of benzene rings is 1. The van der Waals surface area contributed by atoms with Crippen molar-refractivity contribution in [2.45, 2.75) is 24.7 Å². The van der Waals surface area contributed by atoms with Crippen LogP contribution in [0.4, 0.5) is 4.39 Å². The fraction of sp³-hybridized carbons (Fsp3) is 0.429. The number of carbonyl (C=O) groups is 1. The van der Waals surface area contributed by atoms with Gasteiger partial charge in [-0.1, -0.05) is 12.1 Å². The van der Waals surface area contributed by atoms with E-state index in [0.717, 1.165) is 24.2 Å². The number of nitrogens with zero attached hydrogens (tertiary/aromatic N) is 2. The first kappa shape index (κ1) is 19.9. The summed E-state index contributed by atoms with van der Waals surface area (Å²) in [6, 6.07) is 10.6. The Kier molecular flexibility index (Phi) is 6.34. The van der Waals surface area contributed by atoms with Crippen LogP contribution in [0.3, 0.4) is 0 Å². The van der Waals surface area contributed by atoms with Crippen molar-refractivity contribution in [3.05, 3.63) is 59.8 Å². The maximum absolute atomic E-state index is 13.6. The van der Waals surface area contributed by atoms with E-state index in [4.69, 9.17) is 4.42 Å². The van der Waals surface area contributed by atoms with E-state index in [2.05, 4.69) is 15.6 Å². The largest absolute Gasteiger partial charge is 0.469 e. The molecule has 1 fully saturated rings. The van der Waals surface area contributed by atoms with Gasteiger partial charge in [0.15, 0.2) is 5.96 Å². The highest BCUT2D eigenvalue weighted by atomic mass is 19.1. The number of aliphatic imine (C=N–C) groups is 1. The second-order valence-electron chi connectivity index (χ2n) is 7.35. The Morgan fingerprint density at radius 2 is 2.07 bits per heavy atom. The highest BCUT2D eigenvalue weighted by Crippen LogP contribution is 2.47. The smallest absolute Gasteiger partial charge is 0.243 e. The number of guanidine groups is 1. The van der Waals surface area contributed by atoms with E-state index < -0.39 is 0 Å². The highest BCUT2D eigenvalue weighted by molar-refractivity contribution is 5.84. The molecule has 1 saturated carbocycles. The van der Waals surface area contributed by atoms with Gasteiger partial charge in [0.1, 0.15) is 18.1 Å². The average molecular weight is 386 g/mol. The van der Waals surface area contributed by atoms with Gasteiger partial charge in [-0.05, 0) is 42.7 Å². The van der Waals surface area contributed by atoms with Crippen molar-refractivity contribution in [1.29, 1.82) is 0 Å². The minimum atomic E-state index is -0.217. The lowest BCUT2D eigenvalue weighted by Crippen LogP contribution is -2.42. The first-order valence-corrected chi connectivity index (χ1v) is 9.49. The van der Waals surface area contributed by atoms with Gasteiger partial charge in [0.2, 0.25) is 5.91 Å². The zero-order valence-corrected chi connectivity index (χ0v) is 16.4. The van der Waals surface area contributed by atoms with Crippen LogP contribution in [0.25, 0.3) is 0 Å². The summed E-state index contributed by atoms with van der Waals surface area (Å²) in [4.78, 5) is 17.8. The number of carbonyl (C=O) groups excluding carboxylic acids is 1. The topological polar surface area (TPSA) is 69.9 Å². The van der Waals surface area contributed by atoms with Crippen LogP contribution in [-0.4, -0.2) is 50.5 Å². The van der Waals surface area contributed by atoms with Crippen molar-refractivity contribution in [3.8, 4) is 0 Å². The molecule has 3 rings (SSSR count). The van der Waals surface area contributed by atoms with Crippen molar-refractivity contribution in [2.24, 2.45) is 4.99 Å². The van der Waals surface area contributed by atoms with Crippen LogP contribution >= 0.6 is 0 Å². The number of hydrogen-bond acceptors (Lipinski definition) is 3. The van der Waals surface area contributed by atoms with Crippen LogP contribution in [0.15, 0.2) is 52.1 Å². The minimum absolute atomic E-state index is 0.0655. The summed E-state index contributed by atoms with van der Waals surface area (Å²) >= 11 is 0. The molecule has 7 heteroatoms. The van der Waals surface area contributed by atoms with E-state index in [1.807, 2.05) is 18.2 Å². The zero-order chi connectivity index (χ0) is 20.0. The third-order valence-corrected chi connectivity index (χ3v) is 5.00. The molecule has 0 saturated heterocycles. The zero-order valence-electron chi connectivity index (χ0n) is 16.4. The Morgan fingerprint density at radius 3 is 2.71 bits per heavy atom. The number of hydrogen-bond donors (Lipinski definition) is 2. The second kappa shape index (κ2) is 8.91. The molecule has 28 heavy (non-hydrogen) atoms. The second-order valence-corrected chi connectivity index (χ2v) is 7.35. The standard InChI is InChI=1S/C21H27FN4O2/c1-26(2)19(27)14-24-20(23-11-8-18-7-4-12-28-18)25-15-21(9-10-21)16-5-3-6-17(22)13-16/h3-7,12-13H,8-11,14-15H2,1-2H3,(H2,23,24,25). The van der Waals surface area contributed by atoms with Gasteiger partial charge in [-0.25, -0.2) is 9.38 Å². The van der Waals surface area contributed by atoms with Gasteiger partial charge in [0, 0.05) is 39.0 Å². The van der Waals surface area contributed by atoms with Gasteiger partial charge < -0.3 is 20.0 Å². The van der Waals surface area contributed by atoms with E-state index in [9.17, 15) is 9.18 Å². The van der Waals surface area contributed by atoms with E-state index in [1.165, 1.54) is 11.0 Å². The van der Waals surface area contributed by atoms with Crippen LogP contribution in [0.2, 0.25) is 0 Å². The predicted molar refractivity (Wildman–Crippen MR) is 107 cm³/mol. The molecule has 1 aliphatic carbocycles. The Morgan fingerprint density at radius 1 is 1.25 bits per heavy atom. The first-order chi connectivity index (χ1) is 13.5. The lowest BCUT2D eigenvalue weighted by atomic mass is 9.96. The number of halogens is 1. The van der Waals surface area contributed by atoms with Crippen LogP contribution in [0.1, 0.15) is 24.2 Å². The lowest BCUT2D eigenvalue weighted by Gasteiger charge is -2.19. The Balaban J connectivity index is 1.61. The molecule has 0 aliphatic heterocycles. The van der Waals surface area contributed by atoms with Gasteiger partial charge >= 0.3 is 0 Å². The van der Waals surface area contributed by atoms with Gasteiger partial charge in [-0.15, -0.1) is 0 Å². The van der Waals surface area contributed by atoms with Crippen LogP contribution in [0.5, 0.6) is 0 Å². The maximum Gasteiger partial charge on any atom is 0.243 e. The summed E-state index contributed by atoms with van der Waals surface area (Å²) in [5, 5.41) is 6.58. The molecule has 0 spiro atoms. The maximum atomic E-state index is 13.6. The minimum Gasteiger partial charge on any atom is -0.469 e. The molecule has 0 unspecified atom stereocenters. The van der Waals surface area contributed by atoms with E-state index in [0.29, 0.717) is 25.5 Å². The molecule has 1 heterocycles.